The van der Waals surface area contributed by atoms with Crippen molar-refractivity contribution < 1.29 is 87.3 Å². The number of hydrogen-bond donors (Lipinski definition) is 3. The number of methoxy groups -OCH3 is 5. The van der Waals surface area contributed by atoms with Crippen molar-refractivity contribution in [3.05, 3.63) is 241 Å². The molecular weight excluding hydrogens is 1630 g/mol. The summed E-state index contributed by atoms with van der Waals surface area (Å²) in [5.41, 5.74) is 17.3. The fraction of sp³-hybridized carbons (Fsp3) is 0.244. The van der Waals surface area contributed by atoms with E-state index in [9.17, 15) is 13.8 Å². The third-order valence-corrected chi connectivity index (χ3v) is 19.2. The van der Waals surface area contributed by atoms with Crippen LogP contribution >= 0.6 is 36.1 Å². The van der Waals surface area contributed by atoms with Gasteiger partial charge in [0.2, 0.25) is 0 Å². The Morgan fingerprint density at radius 1 is 0.449 bits per heavy atom. The van der Waals surface area contributed by atoms with Crippen LogP contribution in [0.15, 0.2) is 223 Å². The molecule has 0 saturated carbocycles. The Morgan fingerprint density at radius 2 is 0.797 bits per heavy atom. The number of nitrogens with two attached hydrogens (primary N) is 1. The van der Waals surface area contributed by atoms with Gasteiger partial charge in [0, 0.05) is 170 Å². The molecule has 14 rings (SSSR count). The number of guanidine groups is 1. The van der Waals surface area contributed by atoms with Crippen LogP contribution in [0.3, 0.4) is 0 Å². The number of rotatable bonds is 27. The van der Waals surface area contributed by atoms with Crippen molar-refractivity contribution in [1.29, 1.82) is 0 Å². The van der Waals surface area contributed by atoms with E-state index in [4.69, 9.17) is 87.7 Å². The van der Waals surface area contributed by atoms with Crippen molar-refractivity contribution in [2.75, 3.05) is 132 Å². The summed E-state index contributed by atoms with van der Waals surface area (Å²) in [6.07, 6.45) is 6.91. The Kier molecular flexibility index (Phi) is 39.0. The van der Waals surface area contributed by atoms with Crippen LogP contribution in [0.5, 0.6) is 17.2 Å². The van der Waals surface area contributed by atoms with Crippen LogP contribution in [0.1, 0.15) is 31.8 Å². The number of aromatic nitrogens is 8. The summed E-state index contributed by atoms with van der Waals surface area (Å²) >= 11 is 3.46. The standard InChI is InChI=1S/C32H16N8.C15H17N3.2C14H21NO4S.C10H14O3S.CH4O3S.Cu/c1-2-10-18-17(9-1)25-33-26(18)38-28-21-13-5-6-14-22(21)30(35-28)40-32-24-16-8-7-15-23(24)31(36-32)39-29-20-12-4-3-11-19(20)27(34-29)37-25;1-11-7-3-5-9-13(11)17-15(16)18-14-10-6-4-8-12(14)2;1-18-10-8-15(9-11-19-2)14(16)12-4-6-13(7-5-12)20(3)17;1-17-10-8-15(9-11-18-2)14(16)12-4-6-13(7-5-12)19-20-3;1-11-7-8-12-9-3-5-10(6-4-9)13-14-2;1-5-4-3-2;/h1-16H;3-10H,1-2H3,(H3,16,17,18);2*4-7H,8-11H2,1-3H3;3-6H,7-8H2,1-2H3;2H,1H3;/q-2;;;;;;+2. The third kappa shape index (κ3) is 26.9. The average Bonchev–Trinajstić information content (AvgIpc) is 1.60. The van der Waals surface area contributed by atoms with Crippen LogP contribution in [0.2, 0.25) is 0 Å². The number of nitrogens with zero attached hydrogens (tertiary/aromatic N) is 10. The molecule has 1 unspecified atom stereocenters. The molecular formula is C86H93CuN13O14S4. The average molecular weight is 1720 g/mol. The van der Waals surface area contributed by atoms with E-state index in [0.29, 0.717) is 134 Å². The molecule has 3 aromatic heterocycles. The molecule has 2 amide bonds. The molecule has 1 atom stereocenters. The SMILES string of the molecule is COCCN(CCOC)C(=O)c1ccc(OSC)cc1.COCCN(CCOC)C(=O)c1ccc(S(C)=O)cc1.COCCOc1ccc(OSC)cc1.CSOO[O-].Cc1ccccc1NC(N)=[NH+]c1ccccc1C.[Cu+2].c1ccc2c(c1)-c1nc-2nc2[n-]c(nc3nc(nc4[n-]c(n1)c1ccccc41)-c1ccccc1-3)c1ccccc21. The van der Waals surface area contributed by atoms with Gasteiger partial charge in [-0.1, -0.05) is 133 Å². The smallest absolute Gasteiger partial charge is 0.691 e. The summed E-state index contributed by atoms with van der Waals surface area (Å²) in [7, 11) is 7.06. The first kappa shape index (κ1) is 92.9. The van der Waals surface area contributed by atoms with Gasteiger partial charge < -0.3 is 81.7 Å². The van der Waals surface area contributed by atoms with Crippen molar-refractivity contribution in [3.8, 4) is 62.8 Å². The van der Waals surface area contributed by atoms with E-state index < -0.39 is 10.8 Å². The van der Waals surface area contributed by atoms with E-state index in [1.54, 1.807) is 106 Å². The number of hydrogen-bond acceptors (Lipinski definition) is 23. The van der Waals surface area contributed by atoms with Gasteiger partial charge in [-0.25, -0.2) is 20.3 Å². The van der Waals surface area contributed by atoms with Crippen LogP contribution in [0.25, 0.3) is 89.7 Å². The van der Waals surface area contributed by atoms with Gasteiger partial charge in [-0.3, -0.25) is 24.6 Å². The van der Waals surface area contributed by atoms with Gasteiger partial charge in [0.15, 0.2) is 0 Å². The van der Waals surface area contributed by atoms with Gasteiger partial charge >= 0.3 is 23.0 Å². The zero-order chi connectivity index (χ0) is 83.3. The molecule has 621 valence electrons. The van der Waals surface area contributed by atoms with Gasteiger partial charge in [0.25, 0.3) is 11.8 Å². The van der Waals surface area contributed by atoms with Crippen LogP contribution in [-0.4, -0.2) is 188 Å². The van der Waals surface area contributed by atoms with Crippen LogP contribution in [0, 0.1) is 13.8 Å². The first-order valence-electron chi connectivity index (χ1n) is 36.6. The Labute approximate surface area is 712 Å². The Balaban J connectivity index is 0.000000192. The number of benzene rings is 9. The number of carbonyl (C=O) groups is 2. The molecule has 2 aliphatic heterocycles. The first-order chi connectivity index (χ1) is 57.1. The van der Waals surface area contributed by atoms with E-state index >= 15 is 0 Å². The number of fused-ring (bicyclic) bond motifs is 20. The molecule has 8 bridgehead atoms. The summed E-state index contributed by atoms with van der Waals surface area (Å²) in [6.45, 7) is 9.34. The van der Waals surface area contributed by atoms with E-state index in [1.165, 1.54) is 24.1 Å². The number of aryl methyl sites for hydroxylation is 2. The monoisotopic (exact) mass is 1720 g/mol. The van der Waals surface area contributed by atoms with Crippen LogP contribution in [0.4, 0.5) is 11.4 Å². The minimum absolute atomic E-state index is 0. The Hall–Kier alpha value is -10.7. The molecule has 9 aromatic carbocycles. The molecule has 27 nitrogen and oxygen atoms in total. The Morgan fingerprint density at radius 3 is 1.14 bits per heavy atom. The number of nitrogens with one attached hydrogen (secondary N) is 2. The van der Waals surface area contributed by atoms with Gasteiger partial charge in [-0.05, 0) is 131 Å². The number of anilines is 1. The van der Waals surface area contributed by atoms with Gasteiger partial charge in [0.05, 0.1) is 80.4 Å². The molecule has 0 saturated heterocycles. The minimum Gasteiger partial charge on any atom is -0.691 e. The topological polar surface area (TPSA) is 331 Å². The maximum Gasteiger partial charge on any atom is 2.00 e. The van der Waals surface area contributed by atoms with E-state index in [1.807, 2.05) is 196 Å². The molecule has 118 heavy (non-hydrogen) atoms. The third-order valence-electron chi connectivity index (χ3n) is 17.4. The summed E-state index contributed by atoms with van der Waals surface area (Å²) in [5.74, 6) is 5.02. The van der Waals surface area contributed by atoms with Crippen molar-refractivity contribution in [1.82, 2.24) is 49.7 Å². The van der Waals surface area contributed by atoms with Crippen molar-refractivity contribution in [2.24, 2.45) is 5.73 Å². The predicted molar refractivity (Wildman–Crippen MR) is 462 cm³/mol. The molecule has 32 heteroatoms. The predicted octanol–water partition coefficient (Wildman–Crippen LogP) is 12.7. The fourth-order valence-electron chi connectivity index (χ4n) is 11.5. The van der Waals surface area contributed by atoms with Crippen molar-refractivity contribution in [2.45, 2.75) is 18.7 Å². The molecule has 0 aliphatic carbocycles. The minimum atomic E-state index is -1.04. The van der Waals surface area contributed by atoms with Crippen LogP contribution in [-0.2, 0) is 60.9 Å². The second kappa shape index (κ2) is 49.5. The van der Waals surface area contributed by atoms with Crippen LogP contribution < -0.4 is 44.4 Å². The van der Waals surface area contributed by atoms with Crippen molar-refractivity contribution in [3.63, 3.8) is 0 Å². The molecule has 4 N–H and O–H groups in total. The molecule has 5 heterocycles. The zero-order valence-corrected chi connectivity index (χ0v) is 71.3. The normalized spacial score (nSPS) is 11.1. The summed E-state index contributed by atoms with van der Waals surface area (Å²) in [5, 5.41) is 18.4. The molecule has 2 aliphatic rings. The number of ether oxygens (including phenoxy) is 6. The van der Waals surface area contributed by atoms with Gasteiger partial charge in [-0.15, -0.1) is 0 Å². The van der Waals surface area contributed by atoms with Crippen molar-refractivity contribution >= 4 is 120 Å². The van der Waals surface area contributed by atoms with E-state index in [2.05, 4.69) is 19.7 Å². The quantitative estimate of drug-likeness (QED) is 0.00819. The number of amides is 2. The van der Waals surface area contributed by atoms with Gasteiger partial charge in [-0.2, -0.15) is 4.33 Å². The maximum absolute atomic E-state index is 12.4. The number of carbonyl (C=O) groups excluding carboxylic acids is 2. The van der Waals surface area contributed by atoms with E-state index in [-0.39, 0.29) is 28.9 Å². The summed E-state index contributed by atoms with van der Waals surface area (Å²) in [4.78, 5) is 71.3. The summed E-state index contributed by atoms with van der Waals surface area (Å²) < 4.78 is 55.9. The number of para-hydroxylation sites is 2. The molecule has 0 fully saturated rings. The molecule has 1 radical (unpaired) electrons. The largest absolute Gasteiger partial charge is 2.00 e. The summed E-state index contributed by atoms with van der Waals surface area (Å²) in [6, 6.07) is 69.3. The first-order valence-corrected chi connectivity index (χ1v) is 41.6. The zero-order valence-electron chi connectivity index (χ0n) is 67.1. The van der Waals surface area contributed by atoms with Gasteiger partial charge in [0.1, 0.15) is 35.2 Å². The second-order valence-electron chi connectivity index (χ2n) is 25.1. The maximum atomic E-state index is 12.4. The molecule has 0 spiro atoms. The fourth-order valence-corrected chi connectivity index (χ4v) is 12.7. The Bertz CT molecular complexity index is 5070. The second-order valence-corrected chi connectivity index (χ2v) is 28.0. The molecule has 12 aromatic rings. The van der Waals surface area contributed by atoms with E-state index in [0.717, 1.165) is 95.6 Å².